The molecule has 0 aromatic heterocycles. The topological polar surface area (TPSA) is 101 Å². The third-order valence-electron chi connectivity index (χ3n) is 4.75. The number of nitrogens with zero attached hydrogens (tertiary/aromatic N) is 1. The fourth-order valence-electron chi connectivity index (χ4n) is 3.33. The van der Waals surface area contributed by atoms with Crippen molar-refractivity contribution in [3.8, 4) is 0 Å². The molecule has 6 heteroatoms. The summed E-state index contributed by atoms with van der Waals surface area (Å²) in [5, 5.41) is 9.39. The lowest BCUT2D eigenvalue weighted by Crippen LogP contribution is -2.44. The molecule has 0 unspecified atom stereocenters. The lowest BCUT2D eigenvalue weighted by molar-refractivity contribution is -0.153. The van der Waals surface area contributed by atoms with Crippen LogP contribution < -0.4 is 5.73 Å². The van der Waals surface area contributed by atoms with Gasteiger partial charge in [-0.3, -0.25) is 14.4 Å². The second-order valence-corrected chi connectivity index (χ2v) is 6.03. The van der Waals surface area contributed by atoms with Crippen molar-refractivity contribution in [2.24, 2.45) is 17.1 Å². The molecule has 0 bridgehead atoms. The molecule has 20 heavy (non-hydrogen) atoms. The molecule has 112 valence electrons. The molecule has 6 nitrogen and oxygen atoms in total. The van der Waals surface area contributed by atoms with Crippen LogP contribution in [0, 0.1) is 11.3 Å². The van der Waals surface area contributed by atoms with Crippen molar-refractivity contribution < 1.29 is 19.5 Å². The molecule has 0 radical (unpaired) electrons. The number of aliphatic carboxylic acids is 1. The van der Waals surface area contributed by atoms with Gasteiger partial charge in [-0.1, -0.05) is 12.8 Å². The van der Waals surface area contributed by atoms with Crippen LogP contribution in [-0.4, -0.2) is 40.9 Å². The zero-order valence-corrected chi connectivity index (χ0v) is 11.6. The predicted octanol–water partition coefficient (Wildman–Crippen LogP) is 0.745. The molecule has 2 rings (SSSR count). The van der Waals surface area contributed by atoms with Gasteiger partial charge in [0.15, 0.2) is 0 Å². The van der Waals surface area contributed by atoms with Crippen molar-refractivity contribution >= 4 is 17.8 Å². The maximum Gasteiger partial charge on any atom is 0.310 e. The normalized spacial score (nSPS) is 22.7. The Morgan fingerprint density at radius 1 is 1.15 bits per heavy atom. The first-order valence-corrected chi connectivity index (χ1v) is 7.25. The van der Waals surface area contributed by atoms with E-state index in [1.807, 2.05) is 0 Å². The van der Waals surface area contributed by atoms with Crippen LogP contribution in [0.1, 0.15) is 44.9 Å². The van der Waals surface area contributed by atoms with Crippen molar-refractivity contribution in [2.75, 3.05) is 13.1 Å². The van der Waals surface area contributed by atoms with Crippen molar-refractivity contribution in [1.29, 1.82) is 0 Å². The highest BCUT2D eigenvalue weighted by molar-refractivity contribution is 5.85. The minimum absolute atomic E-state index is 0.0869. The predicted molar refractivity (Wildman–Crippen MR) is 71.7 cm³/mol. The number of carbonyl (C=O) groups excluding carboxylic acids is 2. The summed E-state index contributed by atoms with van der Waals surface area (Å²) in [7, 11) is 0. The summed E-state index contributed by atoms with van der Waals surface area (Å²) >= 11 is 0. The second kappa shape index (κ2) is 5.81. The summed E-state index contributed by atoms with van der Waals surface area (Å²) in [6.07, 6.45) is 4.19. The Balaban J connectivity index is 1.92. The van der Waals surface area contributed by atoms with Gasteiger partial charge in [-0.05, 0) is 25.7 Å². The van der Waals surface area contributed by atoms with Gasteiger partial charge >= 0.3 is 5.97 Å². The van der Waals surface area contributed by atoms with Crippen LogP contribution >= 0.6 is 0 Å². The van der Waals surface area contributed by atoms with E-state index >= 15 is 0 Å². The maximum absolute atomic E-state index is 12.3. The highest BCUT2D eigenvalue weighted by Gasteiger charge is 2.44. The Bertz CT molecular complexity index is 407. The first-order chi connectivity index (χ1) is 9.44. The van der Waals surface area contributed by atoms with Gasteiger partial charge in [0.25, 0.3) is 0 Å². The number of hydrogen-bond acceptors (Lipinski definition) is 3. The highest BCUT2D eigenvalue weighted by Crippen LogP contribution is 2.42. The van der Waals surface area contributed by atoms with Crippen molar-refractivity contribution in [3.05, 3.63) is 0 Å². The van der Waals surface area contributed by atoms with E-state index in [0.29, 0.717) is 38.8 Å². The van der Waals surface area contributed by atoms with Gasteiger partial charge in [0.05, 0.1) is 5.41 Å². The van der Waals surface area contributed by atoms with E-state index in [0.717, 1.165) is 12.8 Å². The summed E-state index contributed by atoms with van der Waals surface area (Å²) in [6.45, 7) is 1.00. The van der Waals surface area contributed by atoms with Crippen molar-refractivity contribution in [2.45, 2.75) is 44.9 Å². The van der Waals surface area contributed by atoms with Gasteiger partial charge in [0.2, 0.25) is 11.8 Å². The number of carbonyl (C=O) groups is 3. The highest BCUT2D eigenvalue weighted by atomic mass is 16.4. The fourth-order valence-corrected chi connectivity index (χ4v) is 3.33. The first kappa shape index (κ1) is 14.8. The van der Waals surface area contributed by atoms with Crippen molar-refractivity contribution in [1.82, 2.24) is 4.90 Å². The summed E-state index contributed by atoms with van der Waals surface area (Å²) in [5.74, 6) is -1.42. The Labute approximate surface area is 118 Å². The lowest BCUT2D eigenvalue weighted by atomic mass is 9.82. The van der Waals surface area contributed by atoms with E-state index in [4.69, 9.17) is 5.73 Å². The van der Waals surface area contributed by atoms with E-state index in [9.17, 15) is 19.5 Å². The molecule has 2 fully saturated rings. The number of hydrogen-bond donors (Lipinski definition) is 2. The third-order valence-corrected chi connectivity index (χ3v) is 4.75. The number of piperidine rings is 1. The third kappa shape index (κ3) is 2.94. The molecule has 3 N–H and O–H groups in total. The van der Waals surface area contributed by atoms with E-state index in [1.165, 1.54) is 0 Å². The van der Waals surface area contributed by atoms with Crippen LogP contribution in [0.25, 0.3) is 0 Å². The van der Waals surface area contributed by atoms with Crippen LogP contribution in [0.5, 0.6) is 0 Å². The molecular formula is C14H22N2O4. The van der Waals surface area contributed by atoms with Crippen LogP contribution in [0.15, 0.2) is 0 Å². The van der Waals surface area contributed by atoms with E-state index < -0.39 is 11.4 Å². The molecule has 1 heterocycles. The average molecular weight is 282 g/mol. The van der Waals surface area contributed by atoms with Crippen LogP contribution in [0.4, 0.5) is 0 Å². The molecule has 2 amide bonds. The molecule has 1 saturated carbocycles. The van der Waals surface area contributed by atoms with Gasteiger partial charge < -0.3 is 15.7 Å². The van der Waals surface area contributed by atoms with Gasteiger partial charge in [0.1, 0.15) is 0 Å². The summed E-state index contributed by atoms with van der Waals surface area (Å²) < 4.78 is 0. The molecule has 0 spiro atoms. The number of likely N-dealkylation sites (tertiary alicyclic amines) is 1. The second-order valence-electron chi connectivity index (χ2n) is 6.03. The molecular weight excluding hydrogens is 260 g/mol. The molecule has 1 aliphatic heterocycles. The van der Waals surface area contributed by atoms with E-state index in [2.05, 4.69) is 0 Å². The maximum atomic E-state index is 12.3. The van der Waals surface area contributed by atoms with Crippen molar-refractivity contribution in [3.63, 3.8) is 0 Å². The fraction of sp³-hybridized carbons (Fsp3) is 0.786. The van der Waals surface area contributed by atoms with Crippen LogP contribution in [0.3, 0.4) is 0 Å². The number of rotatable bonds is 4. The number of primary amides is 1. The monoisotopic (exact) mass is 282 g/mol. The number of nitrogens with two attached hydrogens (primary N) is 1. The minimum Gasteiger partial charge on any atom is -0.481 e. The van der Waals surface area contributed by atoms with Crippen LogP contribution in [0.2, 0.25) is 0 Å². The summed E-state index contributed by atoms with van der Waals surface area (Å²) in [4.78, 5) is 36.5. The Morgan fingerprint density at radius 3 is 2.15 bits per heavy atom. The summed E-state index contributed by atoms with van der Waals surface area (Å²) in [6, 6.07) is 0. The average Bonchev–Trinajstić information content (AvgIpc) is 2.88. The number of amides is 2. The summed E-state index contributed by atoms with van der Waals surface area (Å²) in [5.41, 5.74) is 4.40. The molecule has 0 aromatic rings. The number of carboxylic acids is 1. The zero-order valence-electron chi connectivity index (χ0n) is 11.6. The van der Waals surface area contributed by atoms with Gasteiger partial charge in [-0.2, -0.15) is 0 Å². The van der Waals surface area contributed by atoms with Crippen LogP contribution in [-0.2, 0) is 14.4 Å². The lowest BCUT2D eigenvalue weighted by Gasteiger charge is -2.33. The molecule has 1 saturated heterocycles. The smallest absolute Gasteiger partial charge is 0.310 e. The Hall–Kier alpha value is -1.59. The zero-order chi connectivity index (χ0) is 14.8. The Kier molecular flexibility index (Phi) is 4.30. The molecule has 0 aromatic carbocycles. The number of carboxylic acid groups (broad SMARTS) is 1. The standard InChI is InChI=1S/C14H22N2O4/c15-12(18)10-3-7-16(8-4-10)11(17)9-14(13(19)20)5-1-2-6-14/h10H,1-9H2,(H2,15,18)(H,19,20). The van der Waals surface area contributed by atoms with Gasteiger partial charge in [0, 0.05) is 25.4 Å². The molecule has 1 aliphatic carbocycles. The molecule has 0 atom stereocenters. The van der Waals surface area contributed by atoms with Gasteiger partial charge in [-0.25, -0.2) is 0 Å². The molecule has 2 aliphatic rings. The van der Waals surface area contributed by atoms with Gasteiger partial charge in [-0.15, -0.1) is 0 Å². The largest absolute Gasteiger partial charge is 0.481 e. The van der Waals surface area contributed by atoms with E-state index in [1.54, 1.807) is 4.90 Å². The Morgan fingerprint density at radius 2 is 1.70 bits per heavy atom. The first-order valence-electron chi connectivity index (χ1n) is 7.25. The SMILES string of the molecule is NC(=O)C1CCN(C(=O)CC2(C(=O)O)CCCC2)CC1. The quantitative estimate of drug-likeness (QED) is 0.794. The van der Waals surface area contributed by atoms with E-state index in [-0.39, 0.29) is 24.2 Å². The minimum atomic E-state index is -0.863.